The van der Waals surface area contributed by atoms with Crippen molar-refractivity contribution in [2.75, 3.05) is 20.1 Å². The van der Waals surface area contributed by atoms with Crippen molar-refractivity contribution in [3.05, 3.63) is 29.3 Å². The Morgan fingerprint density at radius 1 is 1.40 bits per heavy atom. The zero-order valence-corrected chi connectivity index (χ0v) is 8.81. The summed E-state index contributed by atoms with van der Waals surface area (Å²) in [6, 6.07) is 5.65. The third-order valence-electron chi connectivity index (χ3n) is 3.43. The molecule has 1 N–H and O–H groups in total. The summed E-state index contributed by atoms with van der Waals surface area (Å²) < 4.78 is 5.80. The van der Waals surface area contributed by atoms with E-state index in [0.29, 0.717) is 24.4 Å². The highest BCUT2D eigenvalue weighted by molar-refractivity contribution is 5.39. The standard InChI is InChI=1S/C12H15NO2/c1-13-5-11-10-3-2-9(14)4-8(10)7-15-12(11)6-13/h2-4,11-12,14H,5-7H2,1H3/t11-,12+/m1/s1. The molecule has 1 saturated heterocycles. The lowest BCUT2D eigenvalue weighted by molar-refractivity contribution is 0.0261. The van der Waals surface area contributed by atoms with Crippen molar-refractivity contribution in [2.24, 2.45) is 0 Å². The van der Waals surface area contributed by atoms with Gasteiger partial charge in [-0.2, -0.15) is 0 Å². The van der Waals surface area contributed by atoms with Crippen molar-refractivity contribution in [1.29, 1.82) is 0 Å². The quantitative estimate of drug-likeness (QED) is 0.693. The molecule has 0 saturated carbocycles. The fourth-order valence-electron chi connectivity index (χ4n) is 2.71. The zero-order chi connectivity index (χ0) is 10.4. The number of hydrogen-bond acceptors (Lipinski definition) is 3. The third-order valence-corrected chi connectivity index (χ3v) is 3.43. The van der Waals surface area contributed by atoms with E-state index in [4.69, 9.17) is 4.74 Å². The van der Waals surface area contributed by atoms with Crippen molar-refractivity contribution in [1.82, 2.24) is 4.90 Å². The van der Waals surface area contributed by atoms with Gasteiger partial charge in [0.15, 0.2) is 0 Å². The van der Waals surface area contributed by atoms with Crippen molar-refractivity contribution in [2.45, 2.75) is 18.6 Å². The van der Waals surface area contributed by atoms with Gasteiger partial charge >= 0.3 is 0 Å². The molecule has 0 spiro atoms. The van der Waals surface area contributed by atoms with Gasteiger partial charge in [0.1, 0.15) is 5.75 Å². The Hall–Kier alpha value is -1.06. The van der Waals surface area contributed by atoms with Gasteiger partial charge in [0.25, 0.3) is 0 Å². The third kappa shape index (κ3) is 1.43. The molecule has 0 aromatic heterocycles. The van der Waals surface area contributed by atoms with Gasteiger partial charge in [0, 0.05) is 19.0 Å². The molecule has 2 heterocycles. The molecule has 0 bridgehead atoms. The topological polar surface area (TPSA) is 32.7 Å². The average Bonchev–Trinajstić information content (AvgIpc) is 2.58. The number of phenolic OH excluding ortho intramolecular Hbond substituents is 1. The monoisotopic (exact) mass is 205 g/mol. The Balaban J connectivity index is 2.01. The highest BCUT2D eigenvalue weighted by Gasteiger charge is 2.36. The van der Waals surface area contributed by atoms with Crippen LogP contribution in [0.1, 0.15) is 17.0 Å². The van der Waals surface area contributed by atoms with E-state index < -0.39 is 0 Å². The van der Waals surface area contributed by atoms with E-state index in [9.17, 15) is 5.11 Å². The number of aromatic hydroxyl groups is 1. The maximum Gasteiger partial charge on any atom is 0.115 e. The fraction of sp³-hybridized carbons (Fsp3) is 0.500. The molecule has 0 aliphatic carbocycles. The molecule has 3 nitrogen and oxygen atoms in total. The van der Waals surface area contributed by atoms with Crippen LogP contribution in [0.5, 0.6) is 5.75 Å². The highest BCUT2D eigenvalue weighted by atomic mass is 16.5. The Morgan fingerprint density at radius 3 is 3.13 bits per heavy atom. The maximum absolute atomic E-state index is 9.41. The molecule has 0 radical (unpaired) electrons. The first kappa shape index (κ1) is 9.19. The van der Waals surface area contributed by atoms with Gasteiger partial charge in [-0.1, -0.05) is 6.07 Å². The van der Waals surface area contributed by atoms with E-state index in [1.807, 2.05) is 12.1 Å². The number of nitrogens with zero attached hydrogens (tertiary/aromatic N) is 1. The van der Waals surface area contributed by atoms with Crippen LogP contribution in [0.25, 0.3) is 0 Å². The van der Waals surface area contributed by atoms with Gasteiger partial charge in [-0.25, -0.2) is 0 Å². The van der Waals surface area contributed by atoms with Crippen molar-refractivity contribution < 1.29 is 9.84 Å². The molecule has 15 heavy (non-hydrogen) atoms. The molecular formula is C12H15NO2. The van der Waals surface area contributed by atoms with Crippen LogP contribution < -0.4 is 0 Å². The Kier molecular flexibility index (Phi) is 1.97. The predicted octanol–water partition coefficient (Wildman–Crippen LogP) is 1.32. The second-order valence-electron chi connectivity index (χ2n) is 4.56. The van der Waals surface area contributed by atoms with Gasteiger partial charge in [0.2, 0.25) is 0 Å². The number of benzene rings is 1. The van der Waals surface area contributed by atoms with Crippen LogP contribution in [-0.4, -0.2) is 36.2 Å². The second kappa shape index (κ2) is 3.22. The minimum absolute atomic E-state index is 0.335. The van der Waals surface area contributed by atoms with Crippen LogP contribution >= 0.6 is 0 Å². The van der Waals surface area contributed by atoms with E-state index in [-0.39, 0.29) is 0 Å². The fourth-order valence-corrected chi connectivity index (χ4v) is 2.71. The largest absolute Gasteiger partial charge is 0.508 e. The summed E-state index contributed by atoms with van der Waals surface area (Å²) in [5.41, 5.74) is 2.50. The summed E-state index contributed by atoms with van der Waals surface area (Å²) >= 11 is 0. The first-order valence-corrected chi connectivity index (χ1v) is 5.36. The van der Waals surface area contributed by atoms with E-state index >= 15 is 0 Å². The smallest absolute Gasteiger partial charge is 0.115 e. The Bertz CT molecular complexity index is 391. The molecule has 0 unspecified atom stereocenters. The summed E-state index contributed by atoms with van der Waals surface area (Å²) in [7, 11) is 2.13. The molecule has 1 aromatic carbocycles. The molecule has 80 valence electrons. The van der Waals surface area contributed by atoms with Crippen molar-refractivity contribution in [3.63, 3.8) is 0 Å². The SMILES string of the molecule is CN1C[C@@H]2OCc3cc(O)ccc3[C@H]2C1. The average molecular weight is 205 g/mol. The van der Waals surface area contributed by atoms with E-state index in [1.54, 1.807) is 6.07 Å². The number of likely N-dealkylation sites (tertiary alicyclic amines) is 1. The molecule has 0 amide bonds. The van der Waals surface area contributed by atoms with E-state index in [1.165, 1.54) is 5.56 Å². The molecule has 3 rings (SSSR count). The molecule has 1 fully saturated rings. The molecule has 3 heteroatoms. The van der Waals surface area contributed by atoms with Gasteiger partial charge in [-0.05, 0) is 30.3 Å². The summed E-state index contributed by atoms with van der Waals surface area (Å²) in [4.78, 5) is 2.30. The van der Waals surface area contributed by atoms with Gasteiger partial charge in [0.05, 0.1) is 12.7 Å². The van der Waals surface area contributed by atoms with Crippen LogP contribution in [0.15, 0.2) is 18.2 Å². The van der Waals surface area contributed by atoms with Crippen LogP contribution in [0.3, 0.4) is 0 Å². The van der Waals surface area contributed by atoms with Gasteiger partial charge in [-0.15, -0.1) is 0 Å². The minimum atomic E-state index is 0.335. The van der Waals surface area contributed by atoms with Crippen LogP contribution in [0.4, 0.5) is 0 Å². The molecule has 1 aromatic rings. The normalized spacial score (nSPS) is 29.9. The first-order chi connectivity index (χ1) is 7.24. The maximum atomic E-state index is 9.41. The zero-order valence-electron chi connectivity index (χ0n) is 8.81. The number of rotatable bonds is 0. The highest BCUT2D eigenvalue weighted by Crippen LogP contribution is 2.37. The van der Waals surface area contributed by atoms with Crippen LogP contribution in [0, 0.1) is 0 Å². The lowest BCUT2D eigenvalue weighted by atomic mass is 9.89. The molecule has 2 aliphatic heterocycles. The molecule has 2 atom stereocenters. The molecule has 2 aliphatic rings. The van der Waals surface area contributed by atoms with Crippen LogP contribution in [-0.2, 0) is 11.3 Å². The number of hydrogen-bond donors (Lipinski definition) is 1. The van der Waals surface area contributed by atoms with Crippen molar-refractivity contribution in [3.8, 4) is 5.75 Å². The first-order valence-electron chi connectivity index (χ1n) is 5.36. The number of fused-ring (bicyclic) bond motifs is 3. The lowest BCUT2D eigenvalue weighted by Crippen LogP contribution is -2.26. The number of ether oxygens (including phenoxy) is 1. The minimum Gasteiger partial charge on any atom is -0.508 e. The van der Waals surface area contributed by atoms with Gasteiger partial charge < -0.3 is 14.7 Å². The summed E-state index contributed by atoms with van der Waals surface area (Å²) in [5, 5.41) is 9.41. The Labute approximate surface area is 89.3 Å². The van der Waals surface area contributed by atoms with Crippen molar-refractivity contribution >= 4 is 0 Å². The number of phenols is 1. The Morgan fingerprint density at radius 2 is 2.27 bits per heavy atom. The summed E-state index contributed by atoms with van der Waals surface area (Å²) in [6.45, 7) is 2.71. The van der Waals surface area contributed by atoms with E-state index in [2.05, 4.69) is 11.9 Å². The van der Waals surface area contributed by atoms with Gasteiger partial charge in [-0.3, -0.25) is 0 Å². The number of likely N-dealkylation sites (N-methyl/N-ethyl adjacent to an activating group) is 1. The van der Waals surface area contributed by atoms with E-state index in [0.717, 1.165) is 18.7 Å². The lowest BCUT2D eigenvalue weighted by Gasteiger charge is -2.27. The summed E-state index contributed by atoms with van der Waals surface area (Å²) in [5.74, 6) is 0.821. The van der Waals surface area contributed by atoms with Crippen LogP contribution in [0.2, 0.25) is 0 Å². The molecular weight excluding hydrogens is 190 g/mol. The summed E-state index contributed by atoms with van der Waals surface area (Å²) in [6.07, 6.45) is 0.340. The second-order valence-corrected chi connectivity index (χ2v) is 4.56. The predicted molar refractivity (Wildman–Crippen MR) is 56.9 cm³/mol.